The summed E-state index contributed by atoms with van der Waals surface area (Å²) in [6.45, 7) is 1.39. The van der Waals surface area contributed by atoms with Crippen LogP contribution in [0.25, 0.3) is 22.3 Å². The SMILES string of the molecule is COc1ccc(-c2nsc(NC(=O)C(Cc3c[nH]c4ccccc34)NC(C)=O)n2)cc1. The van der Waals surface area contributed by atoms with Gasteiger partial charge in [0.15, 0.2) is 5.82 Å². The highest BCUT2D eigenvalue weighted by Crippen LogP contribution is 2.24. The van der Waals surface area contributed by atoms with Crippen molar-refractivity contribution in [3.63, 3.8) is 0 Å². The van der Waals surface area contributed by atoms with Crippen LogP contribution in [-0.4, -0.2) is 39.3 Å². The number of amides is 2. The van der Waals surface area contributed by atoms with Crippen molar-refractivity contribution in [2.45, 2.75) is 19.4 Å². The van der Waals surface area contributed by atoms with Crippen molar-refractivity contribution >= 4 is 39.4 Å². The number of fused-ring (bicyclic) bond motifs is 1. The van der Waals surface area contributed by atoms with E-state index in [4.69, 9.17) is 4.74 Å². The van der Waals surface area contributed by atoms with Crippen LogP contribution in [-0.2, 0) is 16.0 Å². The smallest absolute Gasteiger partial charge is 0.249 e. The zero-order valence-electron chi connectivity index (χ0n) is 17.0. The molecule has 9 heteroatoms. The molecule has 0 fully saturated rings. The molecule has 1 atom stereocenters. The van der Waals surface area contributed by atoms with Crippen molar-refractivity contribution in [3.05, 3.63) is 60.3 Å². The van der Waals surface area contributed by atoms with E-state index in [2.05, 4.69) is 25.0 Å². The summed E-state index contributed by atoms with van der Waals surface area (Å²) >= 11 is 1.09. The summed E-state index contributed by atoms with van der Waals surface area (Å²) in [5.74, 6) is 0.618. The second kappa shape index (κ2) is 8.97. The van der Waals surface area contributed by atoms with Crippen LogP contribution >= 0.6 is 11.5 Å². The Labute approximate surface area is 182 Å². The van der Waals surface area contributed by atoms with Gasteiger partial charge >= 0.3 is 0 Å². The molecule has 1 unspecified atom stereocenters. The number of nitrogens with zero attached hydrogens (tertiary/aromatic N) is 2. The highest BCUT2D eigenvalue weighted by atomic mass is 32.1. The van der Waals surface area contributed by atoms with Crippen LogP contribution in [0.4, 0.5) is 5.13 Å². The largest absolute Gasteiger partial charge is 0.497 e. The van der Waals surface area contributed by atoms with Gasteiger partial charge in [0.1, 0.15) is 11.8 Å². The Balaban J connectivity index is 1.50. The van der Waals surface area contributed by atoms with Gasteiger partial charge < -0.3 is 15.0 Å². The summed E-state index contributed by atoms with van der Waals surface area (Å²) in [7, 11) is 1.60. The topological polar surface area (TPSA) is 109 Å². The lowest BCUT2D eigenvalue weighted by Crippen LogP contribution is -2.44. The van der Waals surface area contributed by atoms with E-state index in [1.54, 1.807) is 7.11 Å². The average Bonchev–Trinajstić information content (AvgIpc) is 3.40. The van der Waals surface area contributed by atoms with Gasteiger partial charge in [0, 0.05) is 47.5 Å². The molecule has 4 rings (SSSR count). The molecule has 0 saturated heterocycles. The first-order valence-electron chi connectivity index (χ1n) is 9.64. The molecule has 0 bridgehead atoms. The van der Waals surface area contributed by atoms with Crippen LogP contribution in [0.2, 0.25) is 0 Å². The van der Waals surface area contributed by atoms with E-state index in [0.29, 0.717) is 17.4 Å². The molecular formula is C22H21N5O3S. The molecule has 2 amide bonds. The van der Waals surface area contributed by atoms with Gasteiger partial charge in [-0.1, -0.05) is 18.2 Å². The summed E-state index contributed by atoms with van der Waals surface area (Å²) in [5, 5.41) is 6.89. The Hall–Kier alpha value is -3.72. The number of aromatic amines is 1. The van der Waals surface area contributed by atoms with Crippen LogP contribution in [0.5, 0.6) is 5.75 Å². The highest BCUT2D eigenvalue weighted by molar-refractivity contribution is 7.10. The first-order chi connectivity index (χ1) is 15.0. The molecule has 2 heterocycles. The zero-order chi connectivity index (χ0) is 21.8. The lowest BCUT2D eigenvalue weighted by molar-refractivity contribution is -0.125. The van der Waals surface area contributed by atoms with Gasteiger partial charge in [-0.3, -0.25) is 14.9 Å². The Kier molecular flexibility index (Phi) is 5.94. The van der Waals surface area contributed by atoms with Crippen molar-refractivity contribution < 1.29 is 14.3 Å². The number of benzene rings is 2. The predicted octanol–water partition coefficient (Wildman–Crippen LogP) is 3.38. The molecule has 0 radical (unpaired) electrons. The number of carbonyl (C=O) groups is 2. The quantitative estimate of drug-likeness (QED) is 0.412. The molecule has 2 aromatic heterocycles. The summed E-state index contributed by atoms with van der Waals surface area (Å²) in [6, 6.07) is 14.4. The Morgan fingerprint density at radius 1 is 1.16 bits per heavy atom. The molecular weight excluding hydrogens is 414 g/mol. The third kappa shape index (κ3) is 4.72. The van der Waals surface area contributed by atoms with Crippen LogP contribution in [0.3, 0.4) is 0 Å². The van der Waals surface area contributed by atoms with E-state index in [-0.39, 0.29) is 11.8 Å². The molecule has 0 saturated carbocycles. The van der Waals surface area contributed by atoms with E-state index in [9.17, 15) is 9.59 Å². The Bertz CT molecular complexity index is 1220. The summed E-state index contributed by atoms with van der Waals surface area (Å²) in [5.41, 5.74) is 2.74. The number of hydrogen-bond donors (Lipinski definition) is 3. The number of aromatic nitrogens is 3. The number of para-hydroxylation sites is 1. The summed E-state index contributed by atoms with van der Waals surface area (Å²) in [6.07, 6.45) is 2.21. The number of methoxy groups -OCH3 is 1. The number of hydrogen-bond acceptors (Lipinski definition) is 6. The third-order valence-electron chi connectivity index (χ3n) is 4.80. The number of ether oxygens (including phenoxy) is 1. The summed E-state index contributed by atoms with van der Waals surface area (Å²) < 4.78 is 9.47. The van der Waals surface area contributed by atoms with Crippen LogP contribution in [0, 0.1) is 0 Å². The van der Waals surface area contributed by atoms with E-state index in [0.717, 1.165) is 39.3 Å². The van der Waals surface area contributed by atoms with Gasteiger partial charge in [-0.2, -0.15) is 9.36 Å². The second-order valence-corrected chi connectivity index (χ2v) is 7.71. The van der Waals surface area contributed by atoms with Crippen LogP contribution in [0.15, 0.2) is 54.7 Å². The highest BCUT2D eigenvalue weighted by Gasteiger charge is 2.23. The van der Waals surface area contributed by atoms with Crippen molar-refractivity contribution in [1.29, 1.82) is 0 Å². The Morgan fingerprint density at radius 3 is 2.68 bits per heavy atom. The maximum Gasteiger partial charge on any atom is 0.249 e. The Morgan fingerprint density at radius 2 is 1.94 bits per heavy atom. The average molecular weight is 436 g/mol. The minimum atomic E-state index is -0.745. The fourth-order valence-electron chi connectivity index (χ4n) is 3.30. The normalized spacial score (nSPS) is 11.8. The van der Waals surface area contributed by atoms with Gasteiger partial charge in [-0.05, 0) is 35.9 Å². The van der Waals surface area contributed by atoms with Crippen LogP contribution in [0.1, 0.15) is 12.5 Å². The zero-order valence-corrected chi connectivity index (χ0v) is 17.8. The molecule has 3 N–H and O–H groups in total. The maximum atomic E-state index is 12.9. The molecule has 0 spiro atoms. The minimum absolute atomic E-state index is 0.281. The van der Waals surface area contributed by atoms with Crippen molar-refractivity contribution in [2.24, 2.45) is 0 Å². The standard InChI is InChI=1S/C22H21N5O3S/c1-13(28)24-19(11-15-12-23-18-6-4-3-5-17(15)18)21(29)26-22-25-20(27-31-22)14-7-9-16(30-2)10-8-14/h3-10,12,19,23H,11H2,1-2H3,(H,24,28)(H,25,26,27,29). The van der Waals surface area contributed by atoms with E-state index >= 15 is 0 Å². The van der Waals surface area contributed by atoms with Crippen molar-refractivity contribution in [3.8, 4) is 17.1 Å². The molecule has 31 heavy (non-hydrogen) atoms. The first kappa shape index (κ1) is 20.5. The predicted molar refractivity (Wildman–Crippen MR) is 120 cm³/mol. The number of anilines is 1. The molecule has 158 valence electrons. The van der Waals surface area contributed by atoms with Crippen LogP contribution < -0.4 is 15.4 Å². The lowest BCUT2D eigenvalue weighted by Gasteiger charge is -2.16. The van der Waals surface area contributed by atoms with Gasteiger partial charge in [-0.25, -0.2) is 0 Å². The van der Waals surface area contributed by atoms with Gasteiger partial charge in [0.2, 0.25) is 16.9 Å². The third-order valence-corrected chi connectivity index (χ3v) is 5.43. The molecule has 2 aromatic carbocycles. The molecule has 4 aromatic rings. The number of carbonyl (C=O) groups excluding carboxylic acids is 2. The van der Waals surface area contributed by atoms with E-state index < -0.39 is 6.04 Å². The van der Waals surface area contributed by atoms with Crippen molar-refractivity contribution in [1.82, 2.24) is 19.7 Å². The van der Waals surface area contributed by atoms with E-state index in [1.807, 2.05) is 54.7 Å². The van der Waals surface area contributed by atoms with Gasteiger partial charge in [-0.15, -0.1) is 0 Å². The minimum Gasteiger partial charge on any atom is -0.497 e. The molecule has 0 aliphatic carbocycles. The van der Waals surface area contributed by atoms with Crippen molar-refractivity contribution in [2.75, 3.05) is 12.4 Å². The summed E-state index contributed by atoms with van der Waals surface area (Å²) in [4.78, 5) is 32.2. The number of H-pyrrole nitrogens is 1. The first-order valence-corrected chi connectivity index (χ1v) is 10.4. The number of nitrogens with one attached hydrogen (secondary N) is 3. The second-order valence-electron chi connectivity index (χ2n) is 6.96. The fourth-order valence-corrected chi connectivity index (χ4v) is 3.89. The fraction of sp³-hybridized carbons (Fsp3) is 0.182. The van der Waals surface area contributed by atoms with E-state index in [1.165, 1.54) is 6.92 Å². The molecule has 0 aliphatic rings. The molecule has 8 nitrogen and oxygen atoms in total. The van der Waals surface area contributed by atoms with Gasteiger partial charge in [0.05, 0.1) is 7.11 Å². The maximum absolute atomic E-state index is 12.9. The molecule has 0 aliphatic heterocycles. The lowest BCUT2D eigenvalue weighted by atomic mass is 10.0. The monoisotopic (exact) mass is 435 g/mol. The van der Waals surface area contributed by atoms with Gasteiger partial charge in [0.25, 0.3) is 0 Å². The number of rotatable bonds is 7.